The number of ether oxygens (including phenoxy) is 1. The van der Waals surface area contributed by atoms with Gasteiger partial charge in [-0.3, -0.25) is 0 Å². The molecule has 90 valence electrons. The van der Waals surface area contributed by atoms with Gasteiger partial charge in [-0.25, -0.2) is 0 Å². The minimum atomic E-state index is 0.810. The van der Waals surface area contributed by atoms with E-state index < -0.39 is 0 Å². The predicted molar refractivity (Wildman–Crippen MR) is 71.7 cm³/mol. The highest BCUT2D eigenvalue weighted by Gasteiger charge is 1.97. The summed E-state index contributed by atoms with van der Waals surface area (Å²) in [4.78, 5) is 0. The van der Waals surface area contributed by atoms with Crippen molar-refractivity contribution in [3.63, 3.8) is 0 Å². The maximum Gasteiger partial charge on any atom is 0.0477 e. The van der Waals surface area contributed by atoms with Gasteiger partial charge in [-0.05, 0) is 44.0 Å². The molecule has 0 saturated carbocycles. The van der Waals surface area contributed by atoms with Crippen molar-refractivity contribution in [2.75, 3.05) is 19.8 Å². The summed E-state index contributed by atoms with van der Waals surface area (Å²) < 4.78 is 6.45. The summed E-state index contributed by atoms with van der Waals surface area (Å²) in [6, 6.07) is 6.47. The first-order valence-corrected chi connectivity index (χ1v) is 6.57. The Bertz CT molecular complexity index is 315. The molecule has 0 atom stereocenters. The number of benzene rings is 1. The normalized spacial score (nSPS) is 10.7. The van der Waals surface area contributed by atoms with Gasteiger partial charge in [0.15, 0.2) is 0 Å². The van der Waals surface area contributed by atoms with Crippen molar-refractivity contribution in [3.05, 3.63) is 33.8 Å². The van der Waals surface area contributed by atoms with Crippen LogP contribution in [0.25, 0.3) is 0 Å². The minimum absolute atomic E-state index is 0.810. The zero-order valence-electron chi connectivity index (χ0n) is 10.1. The van der Waals surface area contributed by atoms with E-state index in [4.69, 9.17) is 4.74 Å². The van der Waals surface area contributed by atoms with Crippen LogP contribution in [0.5, 0.6) is 0 Å². The van der Waals surface area contributed by atoms with Crippen molar-refractivity contribution < 1.29 is 4.74 Å². The van der Waals surface area contributed by atoms with Gasteiger partial charge >= 0.3 is 0 Å². The Morgan fingerprint density at radius 2 is 2.19 bits per heavy atom. The lowest BCUT2D eigenvalue weighted by atomic mass is 10.1. The van der Waals surface area contributed by atoms with Crippen molar-refractivity contribution in [2.24, 2.45) is 0 Å². The standard InChI is InChI=1S/C13H20BrNO/c1-3-16-8-4-7-15-10-12-6-5-11(2)13(14)9-12/h5-6,9,15H,3-4,7-8,10H2,1-2H3. The van der Waals surface area contributed by atoms with Gasteiger partial charge in [-0.1, -0.05) is 28.1 Å². The molecule has 1 N–H and O–H groups in total. The summed E-state index contributed by atoms with van der Waals surface area (Å²) in [5.41, 5.74) is 2.59. The molecule has 0 unspecified atom stereocenters. The number of hydrogen-bond donors (Lipinski definition) is 1. The van der Waals surface area contributed by atoms with Gasteiger partial charge in [0.25, 0.3) is 0 Å². The Hall–Kier alpha value is -0.380. The van der Waals surface area contributed by atoms with Crippen LogP contribution in [0.2, 0.25) is 0 Å². The number of aryl methyl sites for hydroxylation is 1. The smallest absolute Gasteiger partial charge is 0.0477 e. The van der Waals surface area contributed by atoms with Crippen molar-refractivity contribution >= 4 is 15.9 Å². The number of nitrogens with one attached hydrogen (secondary N) is 1. The van der Waals surface area contributed by atoms with Crippen LogP contribution in [0.15, 0.2) is 22.7 Å². The topological polar surface area (TPSA) is 21.3 Å². The quantitative estimate of drug-likeness (QED) is 0.777. The number of halogens is 1. The molecule has 0 saturated heterocycles. The molecule has 0 spiro atoms. The van der Waals surface area contributed by atoms with Crippen molar-refractivity contribution in [3.8, 4) is 0 Å². The Labute approximate surface area is 107 Å². The average Bonchev–Trinajstić information content (AvgIpc) is 2.28. The summed E-state index contributed by atoms with van der Waals surface area (Å²) in [5, 5.41) is 3.41. The molecule has 0 aliphatic heterocycles. The highest BCUT2D eigenvalue weighted by atomic mass is 79.9. The molecule has 0 aromatic heterocycles. The molecule has 0 bridgehead atoms. The first-order chi connectivity index (χ1) is 7.74. The van der Waals surface area contributed by atoms with Crippen LogP contribution < -0.4 is 5.32 Å². The SMILES string of the molecule is CCOCCCNCc1ccc(C)c(Br)c1. The van der Waals surface area contributed by atoms with E-state index in [9.17, 15) is 0 Å². The lowest BCUT2D eigenvalue weighted by Gasteiger charge is -2.06. The van der Waals surface area contributed by atoms with Gasteiger partial charge < -0.3 is 10.1 Å². The van der Waals surface area contributed by atoms with E-state index >= 15 is 0 Å². The molecule has 1 aromatic carbocycles. The first-order valence-electron chi connectivity index (χ1n) is 5.77. The predicted octanol–water partition coefficient (Wildman–Crippen LogP) is 3.27. The molecule has 0 aliphatic carbocycles. The molecule has 2 nitrogen and oxygen atoms in total. The van der Waals surface area contributed by atoms with Crippen LogP contribution in [0.1, 0.15) is 24.5 Å². The minimum Gasteiger partial charge on any atom is -0.382 e. The molecular formula is C13H20BrNO. The maximum atomic E-state index is 5.27. The van der Waals surface area contributed by atoms with E-state index in [0.29, 0.717) is 0 Å². The van der Waals surface area contributed by atoms with Gasteiger partial charge in [0.05, 0.1) is 0 Å². The molecule has 0 heterocycles. The third kappa shape index (κ3) is 5.10. The van der Waals surface area contributed by atoms with Crippen LogP contribution in [-0.2, 0) is 11.3 Å². The second kappa shape index (κ2) is 7.82. The fraction of sp³-hybridized carbons (Fsp3) is 0.538. The van der Waals surface area contributed by atoms with E-state index in [0.717, 1.165) is 32.7 Å². The van der Waals surface area contributed by atoms with Crippen LogP contribution in [0, 0.1) is 6.92 Å². The molecule has 0 aliphatic rings. The summed E-state index contributed by atoms with van der Waals surface area (Å²) in [7, 11) is 0. The van der Waals surface area contributed by atoms with Crippen LogP contribution >= 0.6 is 15.9 Å². The summed E-state index contributed by atoms with van der Waals surface area (Å²) in [6.07, 6.45) is 1.07. The van der Waals surface area contributed by atoms with Gasteiger partial charge in [0.2, 0.25) is 0 Å². The molecule has 0 radical (unpaired) electrons. The van der Waals surface area contributed by atoms with Crippen molar-refractivity contribution in [1.29, 1.82) is 0 Å². The zero-order valence-corrected chi connectivity index (χ0v) is 11.6. The Balaban J connectivity index is 2.19. The molecule has 1 rings (SSSR count). The van der Waals surface area contributed by atoms with E-state index in [-0.39, 0.29) is 0 Å². The maximum absolute atomic E-state index is 5.27. The highest BCUT2D eigenvalue weighted by molar-refractivity contribution is 9.10. The largest absolute Gasteiger partial charge is 0.382 e. The second-order valence-electron chi connectivity index (χ2n) is 3.81. The highest BCUT2D eigenvalue weighted by Crippen LogP contribution is 2.17. The van der Waals surface area contributed by atoms with Crippen LogP contribution in [-0.4, -0.2) is 19.8 Å². The molecule has 1 aromatic rings. The molecular weight excluding hydrogens is 266 g/mol. The van der Waals surface area contributed by atoms with Crippen LogP contribution in [0.4, 0.5) is 0 Å². The summed E-state index contributed by atoms with van der Waals surface area (Å²) in [5.74, 6) is 0. The summed E-state index contributed by atoms with van der Waals surface area (Å²) in [6.45, 7) is 7.71. The molecule has 0 fully saturated rings. The Kier molecular flexibility index (Phi) is 6.69. The summed E-state index contributed by atoms with van der Waals surface area (Å²) >= 11 is 3.54. The number of rotatable bonds is 7. The zero-order chi connectivity index (χ0) is 11.8. The molecule has 3 heteroatoms. The lowest BCUT2D eigenvalue weighted by molar-refractivity contribution is 0.144. The van der Waals surface area contributed by atoms with Gasteiger partial charge in [0.1, 0.15) is 0 Å². The Morgan fingerprint density at radius 1 is 1.38 bits per heavy atom. The van der Waals surface area contributed by atoms with E-state index in [1.165, 1.54) is 15.6 Å². The number of hydrogen-bond acceptors (Lipinski definition) is 2. The van der Waals surface area contributed by atoms with Crippen LogP contribution in [0.3, 0.4) is 0 Å². The van der Waals surface area contributed by atoms with Gasteiger partial charge in [-0.15, -0.1) is 0 Å². The van der Waals surface area contributed by atoms with Crippen molar-refractivity contribution in [1.82, 2.24) is 5.32 Å². The fourth-order valence-electron chi connectivity index (χ4n) is 1.42. The lowest BCUT2D eigenvalue weighted by Crippen LogP contribution is -2.16. The third-order valence-corrected chi connectivity index (χ3v) is 3.27. The van der Waals surface area contributed by atoms with E-state index in [1.54, 1.807) is 0 Å². The first kappa shape index (κ1) is 13.7. The van der Waals surface area contributed by atoms with Gasteiger partial charge in [0, 0.05) is 24.2 Å². The average molecular weight is 286 g/mol. The second-order valence-corrected chi connectivity index (χ2v) is 4.67. The van der Waals surface area contributed by atoms with Crippen molar-refractivity contribution in [2.45, 2.75) is 26.8 Å². The Morgan fingerprint density at radius 3 is 2.88 bits per heavy atom. The van der Waals surface area contributed by atoms with E-state index in [1.807, 2.05) is 6.92 Å². The molecule has 16 heavy (non-hydrogen) atoms. The molecule has 0 amide bonds. The monoisotopic (exact) mass is 285 g/mol. The van der Waals surface area contributed by atoms with Gasteiger partial charge in [-0.2, -0.15) is 0 Å². The third-order valence-electron chi connectivity index (χ3n) is 2.41. The fourth-order valence-corrected chi connectivity index (χ4v) is 1.85. The van der Waals surface area contributed by atoms with E-state index in [2.05, 4.69) is 46.4 Å².